The van der Waals surface area contributed by atoms with Gasteiger partial charge in [0.15, 0.2) is 0 Å². The van der Waals surface area contributed by atoms with Crippen molar-refractivity contribution in [2.45, 2.75) is 13.0 Å². The normalized spacial score (nSPS) is 20.8. The lowest BCUT2D eigenvalue weighted by molar-refractivity contribution is 0.269. The average Bonchev–Trinajstić information content (AvgIpc) is 2.38. The molecule has 2 rings (SSSR count). The van der Waals surface area contributed by atoms with Crippen molar-refractivity contribution in [3.63, 3.8) is 0 Å². The number of benzene rings is 1. The zero-order chi connectivity index (χ0) is 13.1. The highest BCUT2D eigenvalue weighted by Gasteiger charge is 2.26. The highest BCUT2D eigenvalue weighted by atomic mass is 15.3. The Labute approximate surface area is 109 Å². The number of para-hydroxylation sites is 1. The number of nitrogens with two attached hydrogens (primary N) is 1. The minimum atomic E-state index is 0.289. The molecule has 1 aromatic rings. The Hall–Kier alpha value is -1.57. The molecule has 0 aromatic heterocycles. The molecule has 1 heterocycles. The molecule has 0 saturated carbocycles. The van der Waals surface area contributed by atoms with E-state index in [1.54, 1.807) is 0 Å². The van der Waals surface area contributed by atoms with Gasteiger partial charge in [-0.1, -0.05) is 12.1 Å². The van der Waals surface area contributed by atoms with Gasteiger partial charge in [-0.15, -0.1) is 0 Å². The molecule has 0 aliphatic carbocycles. The lowest BCUT2D eigenvalue weighted by Crippen LogP contribution is -2.55. The molecule has 1 fully saturated rings. The summed E-state index contributed by atoms with van der Waals surface area (Å²) in [6.45, 7) is 5.56. The third-order valence-electron chi connectivity index (χ3n) is 3.60. The largest absolute Gasteiger partial charge is 0.363 e. The van der Waals surface area contributed by atoms with Gasteiger partial charge in [-0.05, 0) is 25.6 Å². The maximum Gasteiger partial charge on any atom is 0.101 e. The van der Waals surface area contributed by atoms with Crippen LogP contribution in [-0.2, 0) is 0 Å². The summed E-state index contributed by atoms with van der Waals surface area (Å²) < 4.78 is 0. The Kier molecular flexibility index (Phi) is 3.85. The van der Waals surface area contributed by atoms with E-state index >= 15 is 0 Å². The topological polar surface area (TPSA) is 56.3 Å². The second-order valence-corrected chi connectivity index (χ2v) is 4.93. The van der Waals surface area contributed by atoms with E-state index in [2.05, 4.69) is 35.9 Å². The van der Waals surface area contributed by atoms with E-state index in [0.717, 1.165) is 36.4 Å². The van der Waals surface area contributed by atoms with E-state index in [1.807, 2.05) is 12.1 Å². The average molecular weight is 244 g/mol. The van der Waals surface area contributed by atoms with Crippen molar-refractivity contribution < 1.29 is 0 Å². The van der Waals surface area contributed by atoms with Crippen LogP contribution >= 0.6 is 0 Å². The van der Waals surface area contributed by atoms with Crippen LogP contribution in [-0.4, -0.2) is 44.2 Å². The number of piperazine rings is 1. The molecule has 1 saturated heterocycles. The SMILES string of the molecule is Cc1cccc(C#N)c1N1CCN(C)CC1CN. The Morgan fingerprint density at radius 2 is 2.22 bits per heavy atom. The highest BCUT2D eigenvalue weighted by Crippen LogP contribution is 2.27. The van der Waals surface area contributed by atoms with Crippen LogP contribution in [0.2, 0.25) is 0 Å². The van der Waals surface area contributed by atoms with Gasteiger partial charge in [-0.2, -0.15) is 5.26 Å². The summed E-state index contributed by atoms with van der Waals surface area (Å²) in [7, 11) is 2.11. The zero-order valence-electron chi connectivity index (χ0n) is 11.1. The lowest BCUT2D eigenvalue weighted by Gasteiger charge is -2.42. The number of hydrogen-bond donors (Lipinski definition) is 1. The van der Waals surface area contributed by atoms with Crippen molar-refractivity contribution in [1.29, 1.82) is 5.26 Å². The molecule has 1 aliphatic heterocycles. The minimum Gasteiger partial charge on any atom is -0.363 e. The molecule has 1 unspecified atom stereocenters. The van der Waals surface area contributed by atoms with Crippen LogP contribution in [0.4, 0.5) is 5.69 Å². The molecule has 96 valence electrons. The van der Waals surface area contributed by atoms with Crippen LogP contribution in [0.5, 0.6) is 0 Å². The molecule has 4 heteroatoms. The van der Waals surface area contributed by atoms with Crippen LogP contribution in [0.1, 0.15) is 11.1 Å². The number of aryl methyl sites for hydroxylation is 1. The molecule has 18 heavy (non-hydrogen) atoms. The standard InChI is InChI=1S/C14H20N4/c1-11-4-3-5-12(8-15)14(11)18-7-6-17(2)10-13(18)9-16/h3-5,13H,6-7,9-10,16H2,1-2H3. The fourth-order valence-corrected chi connectivity index (χ4v) is 2.64. The number of nitrogens with zero attached hydrogens (tertiary/aromatic N) is 3. The van der Waals surface area contributed by atoms with Crippen LogP contribution in [0, 0.1) is 18.3 Å². The van der Waals surface area contributed by atoms with E-state index < -0.39 is 0 Å². The Balaban J connectivity index is 2.39. The number of likely N-dealkylation sites (N-methyl/N-ethyl adjacent to an activating group) is 1. The van der Waals surface area contributed by atoms with Crippen LogP contribution in [0.3, 0.4) is 0 Å². The van der Waals surface area contributed by atoms with Gasteiger partial charge in [-0.3, -0.25) is 0 Å². The first-order valence-electron chi connectivity index (χ1n) is 6.32. The molecule has 0 bridgehead atoms. The fraction of sp³-hybridized carbons (Fsp3) is 0.500. The highest BCUT2D eigenvalue weighted by molar-refractivity contribution is 5.64. The smallest absolute Gasteiger partial charge is 0.101 e. The van der Waals surface area contributed by atoms with E-state index in [4.69, 9.17) is 5.73 Å². The summed E-state index contributed by atoms with van der Waals surface area (Å²) in [5.74, 6) is 0. The summed E-state index contributed by atoms with van der Waals surface area (Å²) in [6, 6.07) is 8.46. The molecule has 1 aromatic carbocycles. The van der Waals surface area contributed by atoms with Gasteiger partial charge in [0.25, 0.3) is 0 Å². The molecule has 1 aliphatic rings. The van der Waals surface area contributed by atoms with Gasteiger partial charge in [0, 0.05) is 26.2 Å². The third-order valence-corrected chi connectivity index (χ3v) is 3.60. The van der Waals surface area contributed by atoms with Gasteiger partial charge >= 0.3 is 0 Å². The Bertz CT molecular complexity index is 463. The van der Waals surface area contributed by atoms with Crippen LogP contribution < -0.4 is 10.6 Å². The zero-order valence-corrected chi connectivity index (χ0v) is 11.1. The Morgan fingerprint density at radius 3 is 2.89 bits per heavy atom. The maximum absolute atomic E-state index is 9.27. The summed E-state index contributed by atoms with van der Waals surface area (Å²) in [6.07, 6.45) is 0. The van der Waals surface area contributed by atoms with Crippen molar-refractivity contribution in [3.05, 3.63) is 29.3 Å². The Morgan fingerprint density at radius 1 is 1.44 bits per heavy atom. The van der Waals surface area contributed by atoms with E-state index in [1.165, 1.54) is 0 Å². The lowest BCUT2D eigenvalue weighted by atomic mass is 10.0. The molecular weight excluding hydrogens is 224 g/mol. The molecule has 2 N–H and O–H groups in total. The van der Waals surface area contributed by atoms with Gasteiger partial charge in [0.05, 0.1) is 17.3 Å². The van der Waals surface area contributed by atoms with Gasteiger partial charge in [-0.25, -0.2) is 0 Å². The van der Waals surface area contributed by atoms with E-state index in [-0.39, 0.29) is 6.04 Å². The second-order valence-electron chi connectivity index (χ2n) is 4.93. The molecular formula is C14H20N4. The van der Waals surface area contributed by atoms with Crippen LogP contribution in [0.25, 0.3) is 0 Å². The first kappa shape index (κ1) is 12.9. The quantitative estimate of drug-likeness (QED) is 0.841. The van der Waals surface area contributed by atoms with Gasteiger partial charge in [0.2, 0.25) is 0 Å². The molecule has 0 spiro atoms. The fourth-order valence-electron chi connectivity index (χ4n) is 2.64. The number of hydrogen-bond acceptors (Lipinski definition) is 4. The van der Waals surface area contributed by atoms with E-state index in [0.29, 0.717) is 6.54 Å². The predicted octanol–water partition coefficient (Wildman–Crippen LogP) is 0.946. The number of nitriles is 1. The minimum absolute atomic E-state index is 0.289. The van der Waals surface area contributed by atoms with Crippen molar-refractivity contribution >= 4 is 5.69 Å². The number of rotatable bonds is 2. The van der Waals surface area contributed by atoms with Gasteiger partial charge in [0.1, 0.15) is 6.07 Å². The summed E-state index contributed by atoms with van der Waals surface area (Å²) >= 11 is 0. The predicted molar refractivity (Wildman–Crippen MR) is 73.6 cm³/mol. The summed E-state index contributed by atoms with van der Waals surface area (Å²) in [5, 5.41) is 9.27. The van der Waals surface area contributed by atoms with Crippen molar-refractivity contribution in [2.75, 3.05) is 38.1 Å². The van der Waals surface area contributed by atoms with Crippen LogP contribution in [0.15, 0.2) is 18.2 Å². The molecule has 1 atom stereocenters. The molecule has 0 radical (unpaired) electrons. The maximum atomic E-state index is 9.27. The molecule has 0 amide bonds. The van der Waals surface area contributed by atoms with E-state index in [9.17, 15) is 5.26 Å². The molecule has 4 nitrogen and oxygen atoms in total. The van der Waals surface area contributed by atoms with Crippen molar-refractivity contribution in [1.82, 2.24) is 4.90 Å². The van der Waals surface area contributed by atoms with Crippen molar-refractivity contribution in [3.8, 4) is 6.07 Å². The first-order chi connectivity index (χ1) is 8.67. The first-order valence-corrected chi connectivity index (χ1v) is 6.32. The summed E-state index contributed by atoms with van der Waals surface area (Å²) in [5.41, 5.74) is 8.84. The summed E-state index contributed by atoms with van der Waals surface area (Å²) in [4.78, 5) is 4.59. The number of anilines is 1. The van der Waals surface area contributed by atoms with Crippen molar-refractivity contribution in [2.24, 2.45) is 5.73 Å². The third kappa shape index (κ3) is 2.33. The van der Waals surface area contributed by atoms with Gasteiger partial charge < -0.3 is 15.5 Å². The monoisotopic (exact) mass is 244 g/mol. The second kappa shape index (κ2) is 5.38.